The van der Waals surface area contributed by atoms with Crippen molar-refractivity contribution in [2.24, 2.45) is 5.41 Å². The van der Waals surface area contributed by atoms with Crippen molar-refractivity contribution in [3.63, 3.8) is 0 Å². The average molecular weight is 546 g/mol. The number of aromatic nitrogens is 2. The molecule has 1 aliphatic rings. The van der Waals surface area contributed by atoms with Crippen molar-refractivity contribution in [1.82, 2.24) is 14.9 Å². The van der Waals surface area contributed by atoms with E-state index in [4.69, 9.17) is 16.3 Å². The summed E-state index contributed by atoms with van der Waals surface area (Å²) in [5, 5.41) is 11.6. The summed E-state index contributed by atoms with van der Waals surface area (Å²) in [6, 6.07) is 11.3. The van der Waals surface area contributed by atoms with E-state index in [1.807, 2.05) is 18.2 Å². The van der Waals surface area contributed by atoms with E-state index in [9.17, 15) is 9.90 Å². The Morgan fingerprint density at radius 2 is 2.08 bits per heavy atom. The SMILES string of the molecule is COc1ccc2ncc(Cl)c([C@H](F)CCC3(CC(=O)O)CCN(CCCSc4ccccn4)CC3)c2c1. The van der Waals surface area contributed by atoms with Gasteiger partial charge in [-0.3, -0.25) is 9.78 Å². The zero-order valence-electron chi connectivity index (χ0n) is 21.0. The number of carboxylic acid groups (broad SMARTS) is 1. The Morgan fingerprint density at radius 1 is 1.27 bits per heavy atom. The first-order chi connectivity index (χ1) is 17.9. The standard InChI is InChI=1S/C28H33ClFN3O3S/c1-36-20-6-7-24-21(17-20)27(22(29)19-32-24)23(30)8-9-28(18-26(34)35)10-14-33(15-11-28)13-4-16-37-25-5-2-3-12-31-25/h2-3,5-7,12,17,19,23H,4,8-11,13-16,18H2,1H3,(H,34,35)/t23-/m1/s1. The van der Waals surface area contributed by atoms with Gasteiger partial charge in [0.1, 0.15) is 11.9 Å². The van der Waals surface area contributed by atoms with Gasteiger partial charge in [-0.25, -0.2) is 9.37 Å². The predicted octanol–water partition coefficient (Wildman–Crippen LogP) is 6.82. The quantitative estimate of drug-likeness (QED) is 0.197. The van der Waals surface area contributed by atoms with Crippen LogP contribution in [0.3, 0.4) is 0 Å². The van der Waals surface area contributed by atoms with Gasteiger partial charge in [-0.05, 0) is 87.5 Å². The largest absolute Gasteiger partial charge is 0.497 e. The molecule has 0 saturated carbocycles. The molecule has 3 heterocycles. The second-order valence-electron chi connectivity index (χ2n) is 9.69. The Kier molecular flexibility index (Phi) is 9.62. The number of hydrogen-bond acceptors (Lipinski definition) is 6. The summed E-state index contributed by atoms with van der Waals surface area (Å²) in [6.07, 6.45) is 5.26. The lowest BCUT2D eigenvalue weighted by molar-refractivity contribution is -0.141. The van der Waals surface area contributed by atoms with Crippen LogP contribution >= 0.6 is 23.4 Å². The molecule has 0 bridgehead atoms. The fourth-order valence-electron chi connectivity index (χ4n) is 5.17. The molecule has 1 saturated heterocycles. The summed E-state index contributed by atoms with van der Waals surface area (Å²) in [5.74, 6) is 0.772. The predicted molar refractivity (Wildman–Crippen MR) is 146 cm³/mol. The topological polar surface area (TPSA) is 75.6 Å². The van der Waals surface area contributed by atoms with Gasteiger partial charge in [0, 0.05) is 29.1 Å². The van der Waals surface area contributed by atoms with Crippen LogP contribution in [0.5, 0.6) is 5.75 Å². The summed E-state index contributed by atoms with van der Waals surface area (Å²) >= 11 is 8.15. The van der Waals surface area contributed by atoms with Crippen LogP contribution in [0.25, 0.3) is 10.9 Å². The Hall–Kier alpha value is -2.42. The zero-order valence-corrected chi connectivity index (χ0v) is 22.6. The molecular formula is C28H33ClFN3O3S. The van der Waals surface area contributed by atoms with Crippen LogP contribution in [0.15, 0.2) is 53.8 Å². The van der Waals surface area contributed by atoms with Gasteiger partial charge in [0.05, 0.1) is 29.1 Å². The highest BCUT2D eigenvalue weighted by atomic mass is 35.5. The van der Waals surface area contributed by atoms with E-state index in [0.717, 1.165) is 49.7 Å². The van der Waals surface area contributed by atoms with Gasteiger partial charge in [0.15, 0.2) is 0 Å². The van der Waals surface area contributed by atoms with E-state index in [-0.39, 0.29) is 17.9 Å². The Morgan fingerprint density at radius 3 is 2.78 bits per heavy atom. The molecule has 1 aromatic carbocycles. The lowest BCUT2D eigenvalue weighted by Gasteiger charge is -2.41. The summed E-state index contributed by atoms with van der Waals surface area (Å²) < 4.78 is 21.0. The molecule has 0 aliphatic carbocycles. The molecule has 2 aromatic heterocycles. The maximum atomic E-state index is 15.7. The number of thioether (sulfide) groups is 1. The van der Waals surface area contributed by atoms with Gasteiger partial charge < -0.3 is 14.7 Å². The first kappa shape index (κ1) is 27.6. The lowest BCUT2D eigenvalue weighted by atomic mass is 9.71. The van der Waals surface area contributed by atoms with E-state index in [1.165, 1.54) is 6.20 Å². The van der Waals surface area contributed by atoms with Crippen LogP contribution in [0, 0.1) is 5.41 Å². The number of nitrogens with zero attached hydrogens (tertiary/aromatic N) is 3. The van der Waals surface area contributed by atoms with E-state index in [1.54, 1.807) is 43.3 Å². The van der Waals surface area contributed by atoms with Gasteiger partial charge in [-0.2, -0.15) is 0 Å². The monoisotopic (exact) mass is 545 g/mol. The number of aliphatic carboxylic acids is 1. The molecule has 37 heavy (non-hydrogen) atoms. The fourth-order valence-corrected chi connectivity index (χ4v) is 6.24. The summed E-state index contributed by atoms with van der Waals surface area (Å²) in [5.41, 5.74) is 0.638. The molecule has 3 aromatic rings. The van der Waals surface area contributed by atoms with Crippen molar-refractivity contribution in [3.05, 3.63) is 59.4 Å². The molecule has 0 amide bonds. The van der Waals surface area contributed by atoms with E-state index in [2.05, 4.69) is 14.9 Å². The van der Waals surface area contributed by atoms with E-state index in [0.29, 0.717) is 28.6 Å². The smallest absolute Gasteiger partial charge is 0.303 e. The number of rotatable bonds is 12. The number of carboxylic acids is 1. The highest BCUT2D eigenvalue weighted by molar-refractivity contribution is 7.99. The number of likely N-dealkylation sites (tertiary alicyclic amines) is 1. The normalized spacial score (nSPS) is 16.5. The summed E-state index contributed by atoms with van der Waals surface area (Å²) in [7, 11) is 1.56. The number of alkyl halides is 1. The van der Waals surface area contributed by atoms with Crippen LogP contribution in [0.2, 0.25) is 5.02 Å². The maximum Gasteiger partial charge on any atom is 0.303 e. The highest BCUT2D eigenvalue weighted by Crippen LogP contribution is 2.44. The number of halogens is 2. The summed E-state index contributed by atoms with van der Waals surface area (Å²) in [4.78, 5) is 22.8. The van der Waals surface area contributed by atoms with Crippen molar-refractivity contribution in [3.8, 4) is 5.75 Å². The third kappa shape index (κ3) is 7.33. The molecule has 198 valence electrons. The van der Waals surface area contributed by atoms with Gasteiger partial charge in [-0.1, -0.05) is 17.7 Å². The average Bonchev–Trinajstić information content (AvgIpc) is 2.90. The molecule has 6 nitrogen and oxygen atoms in total. The second kappa shape index (κ2) is 12.9. The van der Waals surface area contributed by atoms with Crippen molar-refractivity contribution >= 4 is 40.2 Å². The van der Waals surface area contributed by atoms with Crippen LogP contribution in [-0.4, -0.2) is 58.4 Å². The first-order valence-electron chi connectivity index (χ1n) is 12.6. The molecule has 0 radical (unpaired) electrons. The van der Waals surface area contributed by atoms with Gasteiger partial charge in [0.2, 0.25) is 0 Å². The molecule has 0 unspecified atom stereocenters. The van der Waals surface area contributed by atoms with Crippen LogP contribution in [0.1, 0.15) is 50.3 Å². The van der Waals surface area contributed by atoms with Crippen molar-refractivity contribution in [1.29, 1.82) is 0 Å². The molecule has 0 spiro atoms. The van der Waals surface area contributed by atoms with E-state index >= 15 is 4.39 Å². The van der Waals surface area contributed by atoms with Crippen LogP contribution < -0.4 is 4.74 Å². The Labute approximate surface area is 226 Å². The number of hydrogen-bond donors (Lipinski definition) is 1. The molecular weight excluding hydrogens is 513 g/mol. The summed E-state index contributed by atoms with van der Waals surface area (Å²) in [6.45, 7) is 2.62. The number of benzene rings is 1. The first-order valence-corrected chi connectivity index (χ1v) is 14.0. The number of fused-ring (bicyclic) bond motifs is 1. The number of carbonyl (C=O) groups is 1. The number of ether oxygens (including phenoxy) is 1. The third-order valence-electron chi connectivity index (χ3n) is 7.26. The van der Waals surface area contributed by atoms with Crippen molar-refractivity contribution < 1.29 is 19.0 Å². The molecule has 1 N–H and O–H groups in total. The van der Waals surface area contributed by atoms with Gasteiger partial charge >= 0.3 is 5.97 Å². The van der Waals surface area contributed by atoms with Crippen molar-refractivity contribution in [2.45, 2.75) is 49.7 Å². The van der Waals surface area contributed by atoms with Crippen LogP contribution in [-0.2, 0) is 4.79 Å². The molecule has 1 aliphatic heterocycles. The van der Waals surface area contributed by atoms with Crippen molar-refractivity contribution in [2.75, 3.05) is 32.5 Å². The molecule has 1 fully saturated rings. The minimum absolute atomic E-state index is 0.0573. The maximum absolute atomic E-state index is 15.7. The Balaban J connectivity index is 1.35. The number of methoxy groups -OCH3 is 1. The zero-order chi connectivity index (χ0) is 26.3. The number of piperidine rings is 1. The second-order valence-corrected chi connectivity index (χ2v) is 11.2. The van der Waals surface area contributed by atoms with E-state index < -0.39 is 17.6 Å². The molecule has 4 rings (SSSR count). The number of pyridine rings is 2. The highest BCUT2D eigenvalue weighted by Gasteiger charge is 2.37. The van der Waals surface area contributed by atoms with Gasteiger partial charge in [0.25, 0.3) is 0 Å². The molecule has 1 atom stereocenters. The fraction of sp³-hybridized carbons (Fsp3) is 0.464. The Bertz CT molecular complexity index is 1190. The minimum atomic E-state index is -1.32. The lowest BCUT2D eigenvalue weighted by Crippen LogP contribution is -2.41. The van der Waals surface area contributed by atoms with Gasteiger partial charge in [-0.15, -0.1) is 11.8 Å². The minimum Gasteiger partial charge on any atom is -0.497 e. The third-order valence-corrected chi connectivity index (χ3v) is 8.59. The molecule has 9 heteroatoms. The van der Waals surface area contributed by atoms with Crippen LogP contribution in [0.4, 0.5) is 4.39 Å².